The van der Waals surface area contributed by atoms with Crippen LogP contribution in [-0.2, 0) is 9.53 Å². The first kappa shape index (κ1) is 23.2. The highest BCUT2D eigenvalue weighted by atomic mass is 35.5. The van der Waals surface area contributed by atoms with Crippen LogP contribution in [0.4, 0.5) is 0 Å². The topological polar surface area (TPSA) is 29.5 Å². The Morgan fingerprint density at radius 3 is 1.78 bits per heavy atom. The Bertz CT molecular complexity index is 604. The fourth-order valence-corrected chi connectivity index (χ4v) is 3.46. The number of esters is 1. The average Bonchev–Trinajstić information content (AvgIpc) is 2.69. The molecule has 0 saturated heterocycles. The summed E-state index contributed by atoms with van der Waals surface area (Å²) in [5.74, 6) is -0.549. The monoisotopic (exact) mass is 389 g/mol. The first-order valence-electron chi connectivity index (χ1n) is 9.71. The van der Waals surface area contributed by atoms with Crippen molar-refractivity contribution in [3.8, 4) is 0 Å². The summed E-state index contributed by atoms with van der Waals surface area (Å²) in [4.78, 5) is 15.4. The predicted molar refractivity (Wildman–Crippen MR) is 115 cm³/mol. The fourth-order valence-electron chi connectivity index (χ4n) is 3.46. The van der Waals surface area contributed by atoms with Gasteiger partial charge in [0, 0.05) is 6.04 Å². The van der Waals surface area contributed by atoms with Crippen LogP contribution >= 0.6 is 12.4 Å². The summed E-state index contributed by atoms with van der Waals surface area (Å²) in [6.45, 7) is 8.88. The van der Waals surface area contributed by atoms with E-state index in [1.165, 1.54) is 0 Å². The smallest absolute Gasteiger partial charge is 0.317 e. The number of nitrogens with zero attached hydrogens (tertiary/aromatic N) is 1. The van der Waals surface area contributed by atoms with Crippen LogP contribution in [0.2, 0.25) is 0 Å². The summed E-state index contributed by atoms with van der Waals surface area (Å²) in [6, 6.07) is 20.1. The van der Waals surface area contributed by atoms with Crippen LogP contribution < -0.4 is 0 Å². The highest BCUT2D eigenvalue weighted by Gasteiger charge is 2.26. The minimum atomic E-state index is -0.378. The molecule has 27 heavy (non-hydrogen) atoms. The van der Waals surface area contributed by atoms with Crippen molar-refractivity contribution in [3.63, 3.8) is 0 Å². The third-order valence-electron chi connectivity index (χ3n) is 4.87. The molecule has 4 heteroatoms. The Labute approximate surface area is 170 Å². The van der Waals surface area contributed by atoms with Crippen LogP contribution in [0.1, 0.15) is 50.7 Å². The molecule has 0 fully saturated rings. The van der Waals surface area contributed by atoms with Gasteiger partial charge in [-0.25, -0.2) is 0 Å². The van der Waals surface area contributed by atoms with E-state index in [1.807, 2.05) is 60.7 Å². The molecular weight excluding hydrogens is 358 g/mol. The van der Waals surface area contributed by atoms with Gasteiger partial charge in [0.2, 0.25) is 0 Å². The second-order valence-electron chi connectivity index (χ2n) is 6.55. The van der Waals surface area contributed by atoms with Crippen molar-refractivity contribution >= 4 is 18.4 Å². The maximum Gasteiger partial charge on any atom is 0.317 e. The van der Waals surface area contributed by atoms with Crippen molar-refractivity contribution in [2.24, 2.45) is 0 Å². The summed E-state index contributed by atoms with van der Waals surface area (Å²) in [6.07, 6.45) is 2.12. The van der Waals surface area contributed by atoms with Crippen molar-refractivity contribution < 1.29 is 9.53 Å². The molecule has 148 valence electrons. The zero-order valence-electron chi connectivity index (χ0n) is 16.6. The van der Waals surface area contributed by atoms with E-state index in [9.17, 15) is 4.79 Å². The number of carbonyl (C=O) groups is 1. The van der Waals surface area contributed by atoms with E-state index < -0.39 is 0 Å². The van der Waals surface area contributed by atoms with Gasteiger partial charge < -0.3 is 4.74 Å². The number of benzene rings is 2. The Morgan fingerprint density at radius 2 is 1.37 bits per heavy atom. The lowest BCUT2D eigenvalue weighted by atomic mass is 9.91. The van der Waals surface area contributed by atoms with Gasteiger partial charge in [-0.3, -0.25) is 9.69 Å². The normalized spacial score (nSPS) is 11.9. The molecule has 0 aliphatic rings. The van der Waals surface area contributed by atoms with Crippen LogP contribution in [-0.4, -0.2) is 36.6 Å². The van der Waals surface area contributed by atoms with Crippen LogP contribution in [0.15, 0.2) is 60.7 Å². The minimum absolute atomic E-state index is 0. The first-order chi connectivity index (χ1) is 12.7. The fraction of sp³-hybridized carbons (Fsp3) is 0.435. The summed E-state index contributed by atoms with van der Waals surface area (Å²) in [7, 11) is 0. The number of ether oxygens (including phenoxy) is 1. The quantitative estimate of drug-likeness (QED) is 0.517. The van der Waals surface area contributed by atoms with E-state index in [-0.39, 0.29) is 30.3 Å². The molecule has 0 saturated carbocycles. The molecule has 0 N–H and O–H groups in total. The molecule has 0 spiro atoms. The van der Waals surface area contributed by atoms with Crippen LogP contribution in [0.3, 0.4) is 0 Å². The Hall–Kier alpha value is -1.84. The van der Waals surface area contributed by atoms with Gasteiger partial charge in [-0.1, -0.05) is 87.9 Å². The van der Waals surface area contributed by atoms with Gasteiger partial charge in [0.15, 0.2) is 0 Å². The van der Waals surface area contributed by atoms with E-state index in [4.69, 9.17) is 4.74 Å². The van der Waals surface area contributed by atoms with Gasteiger partial charge >= 0.3 is 5.97 Å². The van der Waals surface area contributed by atoms with Crippen molar-refractivity contribution in [3.05, 3.63) is 71.8 Å². The summed E-state index contributed by atoms with van der Waals surface area (Å²) < 4.78 is 5.83. The number of carbonyl (C=O) groups excluding carboxylic acids is 1. The largest absolute Gasteiger partial charge is 0.463 e. The first-order valence-corrected chi connectivity index (χ1v) is 9.71. The molecule has 2 aromatic rings. The number of hydrogen-bond acceptors (Lipinski definition) is 3. The number of rotatable bonds is 10. The number of likely N-dealkylation sites (N-methyl/N-ethyl adjacent to an activating group) is 1. The van der Waals surface area contributed by atoms with E-state index in [0.29, 0.717) is 6.61 Å². The van der Waals surface area contributed by atoms with E-state index in [1.54, 1.807) is 0 Å². The molecule has 0 aliphatic carbocycles. The Balaban J connectivity index is 0.00000364. The van der Waals surface area contributed by atoms with Crippen molar-refractivity contribution in [1.29, 1.82) is 0 Å². The van der Waals surface area contributed by atoms with Crippen LogP contribution in [0.5, 0.6) is 0 Å². The van der Waals surface area contributed by atoms with E-state index in [2.05, 4.69) is 25.7 Å². The van der Waals surface area contributed by atoms with Crippen LogP contribution in [0, 0.1) is 0 Å². The molecular formula is C23H32ClNO2. The van der Waals surface area contributed by atoms with Crippen molar-refractivity contribution in [2.45, 2.75) is 45.6 Å². The van der Waals surface area contributed by atoms with Gasteiger partial charge in [0.1, 0.15) is 12.5 Å². The molecule has 1 atom stereocenters. The van der Waals surface area contributed by atoms with Gasteiger partial charge in [0.25, 0.3) is 0 Å². The molecule has 0 radical (unpaired) electrons. The summed E-state index contributed by atoms with van der Waals surface area (Å²) in [5, 5.41) is 0. The maximum absolute atomic E-state index is 13.0. The Kier molecular flexibility index (Phi) is 10.8. The van der Waals surface area contributed by atoms with Gasteiger partial charge in [-0.15, -0.1) is 12.4 Å². The third-order valence-corrected chi connectivity index (χ3v) is 4.87. The predicted octanol–water partition coefficient (Wildman–Crippen LogP) is 5.29. The molecule has 0 aromatic heterocycles. The van der Waals surface area contributed by atoms with Gasteiger partial charge in [0.05, 0.1) is 0 Å². The molecule has 0 aliphatic heterocycles. The maximum atomic E-state index is 13.0. The molecule has 2 aromatic carbocycles. The average molecular weight is 390 g/mol. The standard InChI is InChI=1S/C23H31NO2.ClH/c1-4-13-21(24(5-2)6-3)18-26-23(25)22(19-14-9-7-10-15-19)20-16-11-8-12-17-20;/h7-12,14-17,21-22H,4-6,13,18H2,1-3H3;1H. The lowest BCUT2D eigenvalue weighted by Gasteiger charge is -2.29. The minimum Gasteiger partial charge on any atom is -0.463 e. The van der Waals surface area contributed by atoms with E-state index >= 15 is 0 Å². The summed E-state index contributed by atoms with van der Waals surface area (Å²) >= 11 is 0. The second-order valence-corrected chi connectivity index (χ2v) is 6.55. The zero-order chi connectivity index (χ0) is 18.8. The zero-order valence-corrected chi connectivity index (χ0v) is 17.5. The molecule has 2 rings (SSSR count). The van der Waals surface area contributed by atoms with E-state index in [0.717, 1.165) is 37.1 Å². The second kappa shape index (κ2) is 12.5. The highest BCUT2D eigenvalue weighted by Crippen LogP contribution is 2.26. The lowest BCUT2D eigenvalue weighted by molar-refractivity contribution is -0.146. The lowest BCUT2D eigenvalue weighted by Crippen LogP contribution is -2.39. The van der Waals surface area contributed by atoms with Gasteiger partial charge in [-0.2, -0.15) is 0 Å². The number of halogens is 1. The highest BCUT2D eigenvalue weighted by molar-refractivity contribution is 5.85. The third kappa shape index (κ3) is 6.67. The molecule has 3 nitrogen and oxygen atoms in total. The molecule has 0 amide bonds. The molecule has 0 bridgehead atoms. The number of hydrogen-bond donors (Lipinski definition) is 0. The van der Waals surface area contributed by atoms with Crippen molar-refractivity contribution in [1.82, 2.24) is 4.90 Å². The van der Waals surface area contributed by atoms with Crippen LogP contribution in [0.25, 0.3) is 0 Å². The van der Waals surface area contributed by atoms with Gasteiger partial charge in [-0.05, 0) is 30.6 Å². The Morgan fingerprint density at radius 1 is 0.889 bits per heavy atom. The SMILES string of the molecule is CCCC(COC(=O)C(c1ccccc1)c1ccccc1)N(CC)CC.Cl. The summed E-state index contributed by atoms with van der Waals surface area (Å²) in [5.41, 5.74) is 1.94. The van der Waals surface area contributed by atoms with Crippen molar-refractivity contribution in [2.75, 3.05) is 19.7 Å². The molecule has 0 heterocycles. The molecule has 1 unspecified atom stereocenters.